The van der Waals surface area contributed by atoms with Gasteiger partial charge in [0.25, 0.3) is 0 Å². The molecule has 2 N–H and O–H groups in total. The van der Waals surface area contributed by atoms with Gasteiger partial charge in [-0.25, -0.2) is 14.0 Å². The molecule has 1 aromatic heterocycles. The largest absolute Gasteiger partial charge is 0.473 e. The average Bonchev–Trinajstić information content (AvgIpc) is 2.81. The molecule has 0 amide bonds. The van der Waals surface area contributed by atoms with Gasteiger partial charge in [-0.1, -0.05) is 18.0 Å². The molecule has 8 heteroatoms. The van der Waals surface area contributed by atoms with E-state index >= 15 is 0 Å². The van der Waals surface area contributed by atoms with E-state index in [2.05, 4.69) is 10.1 Å². The van der Waals surface area contributed by atoms with Crippen LogP contribution in [0.15, 0.2) is 22.7 Å². The fraction of sp³-hybridized carbons (Fsp3) is 0.500. The van der Waals surface area contributed by atoms with E-state index in [0.29, 0.717) is 5.58 Å². The number of nitrogens with zero attached hydrogens (tertiary/aromatic N) is 2. The zero-order valence-electron chi connectivity index (χ0n) is 14.5. The van der Waals surface area contributed by atoms with Gasteiger partial charge in [-0.15, -0.1) is 0 Å². The molecule has 0 atom stereocenters. The summed E-state index contributed by atoms with van der Waals surface area (Å²) in [5, 5.41) is 19.8. The maximum Gasteiger partial charge on any atom is 0.414 e. The van der Waals surface area contributed by atoms with Crippen molar-refractivity contribution < 1.29 is 28.7 Å². The van der Waals surface area contributed by atoms with Crippen LogP contribution in [0.3, 0.4) is 0 Å². The SMILES string of the molecule is Fc1ccc2c(CCCN3CCCCCC3)noc2c1.O=C(O)C(=O)O. The third-order valence-electron chi connectivity index (χ3n) is 4.28. The Labute approximate surface area is 150 Å². The smallest absolute Gasteiger partial charge is 0.414 e. The van der Waals surface area contributed by atoms with Crippen molar-refractivity contribution in [1.29, 1.82) is 0 Å². The molecule has 1 aromatic carbocycles. The topological polar surface area (TPSA) is 104 Å². The predicted octanol–water partition coefficient (Wildman–Crippen LogP) is 2.93. The number of hydrogen-bond donors (Lipinski definition) is 2. The Hall–Kier alpha value is -2.48. The summed E-state index contributed by atoms with van der Waals surface area (Å²) in [7, 11) is 0. The van der Waals surface area contributed by atoms with Gasteiger partial charge in [-0.05, 0) is 57.5 Å². The standard InChI is InChI=1S/C16H21FN2O.C2H2O4/c17-13-7-8-14-15(18-20-16(14)12-13)6-5-11-19-9-3-1-2-4-10-19;3-1(4)2(5)6/h7-8,12H,1-6,9-11H2;(H,3,4)(H,5,6). The summed E-state index contributed by atoms with van der Waals surface area (Å²) in [5.41, 5.74) is 1.50. The second-order valence-corrected chi connectivity index (χ2v) is 6.24. The van der Waals surface area contributed by atoms with Crippen LogP contribution in [0.2, 0.25) is 0 Å². The lowest BCUT2D eigenvalue weighted by Crippen LogP contribution is -2.26. The highest BCUT2D eigenvalue weighted by atomic mass is 19.1. The fourth-order valence-corrected chi connectivity index (χ4v) is 2.97. The highest BCUT2D eigenvalue weighted by Crippen LogP contribution is 2.20. The molecule has 142 valence electrons. The number of carboxylic acid groups (broad SMARTS) is 2. The van der Waals surface area contributed by atoms with E-state index in [9.17, 15) is 4.39 Å². The molecule has 0 unspecified atom stereocenters. The number of aliphatic carboxylic acids is 2. The van der Waals surface area contributed by atoms with Crippen LogP contribution in [-0.4, -0.2) is 51.8 Å². The quantitative estimate of drug-likeness (QED) is 0.802. The maximum absolute atomic E-state index is 13.1. The molecular weight excluding hydrogens is 343 g/mol. The Morgan fingerprint density at radius 1 is 1.12 bits per heavy atom. The van der Waals surface area contributed by atoms with Crippen LogP contribution < -0.4 is 0 Å². The Morgan fingerprint density at radius 3 is 2.38 bits per heavy atom. The second-order valence-electron chi connectivity index (χ2n) is 6.24. The molecule has 26 heavy (non-hydrogen) atoms. The van der Waals surface area contributed by atoms with Crippen molar-refractivity contribution in [2.24, 2.45) is 0 Å². The van der Waals surface area contributed by atoms with Crippen molar-refractivity contribution in [3.05, 3.63) is 29.7 Å². The van der Waals surface area contributed by atoms with E-state index in [4.69, 9.17) is 24.3 Å². The minimum Gasteiger partial charge on any atom is -0.473 e. The Kier molecular flexibility index (Phi) is 7.53. The number of halogens is 1. The number of benzene rings is 1. The molecule has 3 rings (SSSR count). The molecule has 0 bridgehead atoms. The number of aryl methyl sites for hydroxylation is 1. The van der Waals surface area contributed by atoms with Gasteiger partial charge in [-0.3, -0.25) is 0 Å². The first-order chi connectivity index (χ1) is 12.5. The first-order valence-corrected chi connectivity index (χ1v) is 8.70. The molecule has 1 aliphatic rings. The third-order valence-corrected chi connectivity index (χ3v) is 4.28. The summed E-state index contributed by atoms with van der Waals surface area (Å²) >= 11 is 0. The van der Waals surface area contributed by atoms with Gasteiger partial charge >= 0.3 is 11.9 Å². The van der Waals surface area contributed by atoms with Gasteiger partial charge in [0.2, 0.25) is 0 Å². The lowest BCUT2D eigenvalue weighted by atomic mass is 10.1. The van der Waals surface area contributed by atoms with Crippen LogP contribution >= 0.6 is 0 Å². The normalized spacial score (nSPS) is 15.1. The molecule has 1 saturated heterocycles. The number of rotatable bonds is 4. The van der Waals surface area contributed by atoms with Crippen molar-refractivity contribution in [2.75, 3.05) is 19.6 Å². The number of hydrogen-bond acceptors (Lipinski definition) is 5. The highest BCUT2D eigenvalue weighted by Gasteiger charge is 2.11. The van der Waals surface area contributed by atoms with Crippen molar-refractivity contribution >= 4 is 22.9 Å². The van der Waals surface area contributed by atoms with Crippen LogP contribution in [0.4, 0.5) is 4.39 Å². The first-order valence-electron chi connectivity index (χ1n) is 8.70. The van der Waals surface area contributed by atoms with Crippen LogP contribution in [0.1, 0.15) is 37.8 Å². The Morgan fingerprint density at radius 2 is 1.77 bits per heavy atom. The van der Waals surface area contributed by atoms with Gasteiger partial charge < -0.3 is 19.6 Å². The van der Waals surface area contributed by atoms with E-state index in [1.54, 1.807) is 6.07 Å². The van der Waals surface area contributed by atoms with Gasteiger partial charge in [0.15, 0.2) is 5.58 Å². The zero-order chi connectivity index (χ0) is 18.9. The Bertz CT molecular complexity index is 726. The van der Waals surface area contributed by atoms with Gasteiger partial charge in [0.1, 0.15) is 5.82 Å². The summed E-state index contributed by atoms with van der Waals surface area (Å²) in [6.45, 7) is 3.57. The molecule has 2 heterocycles. The van der Waals surface area contributed by atoms with Crippen molar-refractivity contribution in [3.8, 4) is 0 Å². The van der Waals surface area contributed by atoms with Crippen molar-refractivity contribution in [2.45, 2.75) is 38.5 Å². The molecular formula is C18H23FN2O5. The van der Waals surface area contributed by atoms with Crippen molar-refractivity contribution in [1.82, 2.24) is 10.1 Å². The lowest BCUT2D eigenvalue weighted by molar-refractivity contribution is -0.159. The number of fused-ring (bicyclic) bond motifs is 1. The zero-order valence-corrected chi connectivity index (χ0v) is 14.5. The first kappa shape index (κ1) is 19.8. The average molecular weight is 366 g/mol. The molecule has 0 spiro atoms. The van der Waals surface area contributed by atoms with Crippen LogP contribution in [0.5, 0.6) is 0 Å². The summed E-state index contributed by atoms with van der Waals surface area (Å²) < 4.78 is 18.3. The Balaban J connectivity index is 0.000000352. The van der Waals surface area contributed by atoms with Crippen molar-refractivity contribution in [3.63, 3.8) is 0 Å². The molecule has 7 nitrogen and oxygen atoms in total. The summed E-state index contributed by atoms with van der Waals surface area (Å²) in [4.78, 5) is 20.7. The number of likely N-dealkylation sites (tertiary alicyclic amines) is 1. The monoisotopic (exact) mass is 366 g/mol. The molecule has 0 aliphatic carbocycles. The second kappa shape index (κ2) is 9.86. The number of carbonyl (C=O) groups is 2. The molecule has 1 fully saturated rings. The minimum atomic E-state index is -1.82. The van der Waals surface area contributed by atoms with Crippen LogP contribution in [0, 0.1) is 5.82 Å². The summed E-state index contributed by atoms with van der Waals surface area (Å²) in [6, 6.07) is 4.64. The summed E-state index contributed by atoms with van der Waals surface area (Å²) in [6.07, 6.45) is 7.37. The van der Waals surface area contributed by atoms with E-state index in [1.807, 2.05) is 0 Å². The molecule has 0 saturated carbocycles. The van der Waals surface area contributed by atoms with E-state index in [1.165, 1.54) is 50.9 Å². The van der Waals surface area contributed by atoms with Gasteiger partial charge in [0.05, 0.1) is 5.69 Å². The molecule has 1 aliphatic heterocycles. The third kappa shape index (κ3) is 6.11. The maximum atomic E-state index is 13.1. The number of carboxylic acids is 2. The van der Waals surface area contributed by atoms with E-state index < -0.39 is 11.9 Å². The fourth-order valence-electron chi connectivity index (χ4n) is 2.97. The van der Waals surface area contributed by atoms with Crippen LogP contribution in [0.25, 0.3) is 11.0 Å². The molecule has 2 aromatic rings. The van der Waals surface area contributed by atoms with Gasteiger partial charge in [-0.2, -0.15) is 0 Å². The van der Waals surface area contributed by atoms with E-state index in [0.717, 1.165) is 30.5 Å². The number of aromatic nitrogens is 1. The van der Waals surface area contributed by atoms with Crippen LogP contribution in [-0.2, 0) is 16.0 Å². The highest BCUT2D eigenvalue weighted by molar-refractivity contribution is 6.27. The predicted molar refractivity (Wildman–Crippen MR) is 92.5 cm³/mol. The minimum absolute atomic E-state index is 0.273. The lowest BCUT2D eigenvalue weighted by Gasteiger charge is -2.18. The van der Waals surface area contributed by atoms with E-state index in [-0.39, 0.29) is 5.82 Å². The summed E-state index contributed by atoms with van der Waals surface area (Å²) in [5.74, 6) is -3.92. The molecule has 0 radical (unpaired) electrons. The van der Waals surface area contributed by atoms with Gasteiger partial charge in [0, 0.05) is 11.5 Å².